The van der Waals surface area contributed by atoms with E-state index in [2.05, 4.69) is 24.3 Å². The van der Waals surface area contributed by atoms with Crippen LogP contribution in [0, 0.1) is 13.8 Å². The van der Waals surface area contributed by atoms with Crippen molar-refractivity contribution in [3.8, 4) is 5.75 Å². The van der Waals surface area contributed by atoms with E-state index in [9.17, 15) is 5.11 Å². The number of aliphatic hydroxyl groups excluding tert-OH is 1. The number of phenols is 1. The summed E-state index contributed by atoms with van der Waals surface area (Å²) < 4.78 is 0. The van der Waals surface area contributed by atoms with Crippen LogP contribution < -0.4 is 0 Å². The van der Waals surface area contributed by atoms with Gasteiger partial charge in [-0.25, -0.2) is 0 Å². The molecule has 0 aromatic heterocycles. The lowest BCUT2D eigenvalue weighted by molar-refractivity contribution is 0.288. The molecule has 0 amide bonds. The van der Waals surface area contributed by atoms with E-state index in [1.807, 2.05) is 13.8 Å². The van der Waals surface area contributed by atoms with Gasteiger partial charge in [0.2, 0.25) is 0 Å². The zero-order chi connectivity index (χ0) is 13.8. The SMILES string of the molecule is Cc1cc(C2=CC=C(CCCO)CC2)cc(C)c1O. The van der Waals surface area contributed by atoms with E-state index in [0.29, 0.717) is 5.75 Å². The molecule has 0 fully saturated rings. The van der Waals surface area contributed by atoms with Crippen LogP contribution in [0.15, 0.2) is 29.9 Å². The van der Waals surface area contributed by atoms with Crippen molar-refractivity contribution < 1.29 is 10.2 Å². The van der Waals surface area contributed by atoms with E-state index in [4.69, 9.17) is 5.11 Å². The van der Waals surface area contributed by atoms with Crippen molar-refractivity contribution in [3.63, 3.8) is 0 Å². The summed E-state index contributed by atoms with van der Waals surface area (Å²) in [6.07, 6.45) is 8.33. The lowest BCUT2D eigenvalue weighted by atomic mass is 9.90. The Labute approximate surface area is 115 Å². The number of aliphatic hydroxyl groups is 1. The molecule has 0 saturated heterocycles. The van der Waals surface area contributed by atoms with E-state index in [1.165, 1.54) is 16.7 Å². The maximum atomic E-state index is 9.81. The zero-order valence-electron chi connectivity index (χ0n) is 11.7. The van der Waals surface area contributed by atoms with E-state index >= 15 is 0 Å². The topological polar surface area (TPSA) is 40.5 Å². The molecular weight excluding hydrogens is 236 g/mol. The average molecular weight is 258 g/mol. The van der Waals surface area contributed by atoms with Crippen molar-refractivity contribution in [2.24, 2.45) is 0 Å². The third-order valence-electron chi connectivity index (χ3n) is 3.75. The molecular formula is C17H22O2. The molecule has 0 saturated carbocycles. The summed E-state index contributed by atoms with van der Waals surface area (Å²) in [4.78, 5) is 0. The molecule has 0 spiro atoms. The van der Waals surface area contributed by atoms with Gasteiger partial charge >= 0.3 is 0 Å². The number of aryl methyl sites for hydroxylation is 2. The Morgan fingerprint density at radius 2 is 1.74 bits per heavy atom. The molecule has 0 atom stereocenters. The summed E-state index contributed by atoms with van der Waals surface area (Å²) >= 11 is 0. The fourth-order valence-corrected chi connectivity index (χ4v) is 2.58. The van der Waals surface area contributed by atoms with Crippen LogP contribution in [0.4, 0.5) is 0 Å². The van der Waals surface area contributed by atoms with Crippen LogP contribution in [0.3, 0.4) is 0 Å². The van der Waals surface area contributed by atoms with Gasteiger partial charge < -0.3 is 10.2 Å². The van der Waals surface area contributed by atoms with Gasteiger partial charge in [0.1, 0.15) is 5.75 Å². The number of aromatic hydroxyl groups is 1. The molecule has 0 unspecified atom stereocenters. The maximum Gasteiger partial charge on any atom is 0.121 e. The highest BCUT2D eigenvalue weighted by atomic mass is 16.3. The Hall–Kier alpha value is -1.54. The fraction of sp³-hybridized carbons (Fsp3) is 0.412. The quantitative estimate of drug-likeness (QED) is 0.860. The lowest BCUT2D eigenvalue weighted by Gasteiger charge is -2.16. The van der Waals surface area contributed by atoms with Crippen LogP contribution in [0.5, 0.6) is 5.75 Å². The number of phenolic OH excluding ortho intramolecular Hbond substituents is 1. The lowest BCUT2D eigenvalue weighted by Crippen LogP contribution is -1.96. The van der Waals surface area contributed by atoms with Crippen molar-refractivity contribution in [1.29, 1.82) is 0 Å². The van der Waals surface area contributed by atoms with Crippen LogP contribution in [0.25, 0.3) is 5.57 Å². The molecule has 1 aliphatic rings. The average Bonchev–Trinajstić information content (AvgIpc) is 2.42. The minimum Gasteiger partial charge on any atom is -0.507 e. The summed E-state index contributed by atoms with van der Waals surface area (Å²) in [5, 5.41) is 18.7. The first-order valence-corrected chi connectivity index (χ1v) is 6.92. The summed E-state index contributed by atoms with van der Waals surface area (Å²) in [6, 6.07) is 4.11. The monoisotopic (exact) mass is 258 g/mol. The summed E-state index contributed by atoms with van der Waals surface area (Å²) in [6.45, 7) is 4.15. The second-order valence-electron chi connectivity index (χ2n) is 5.30. The molecule has 0 heterocycles. The molecule has 1 aliphatic carbocycles. The third kappa shape index (κ3) is 3.27. The van der Waals surface area contributed by atoms with E-state index in [1.54, 1.807) is 0 Å². The standard InChI is InChI=1S/C17H22O2/c1-12-10-16(11-13(2)17(12)19)15-7-5-14(6-8-15)4-3-9-18/h5,7,10-11,18-19H,3-4,6,8-9H2,1-2H3. The highest BCUT2D eigenvalue weighted by Gasteiger charge is 2.11. The van der Waals surface area contributed by atoms with Gasteiger partial charge in [-0.3, -0.25) is 0 Å². The number of hydrogen-bond donors (Lipinski definition) is 2. The van der Waals surface area contributed by atoms with E-state index < -0.39 is 0 Å². The van der Waals surface area contributed by atoms with Crippen molar-refractivity contribution in [2.75, 3.05) is 6.61 Å². The second kappa shape index (κ2) is 6.07. The van der Waals surface area contributed by atoms with Crippen LogP contribution in [-0.4, -0.2) is 16.8 Å². The molecule has 0 radical (unpaired) electrons. The normalized spacial score (nSPS) is 15.1. The number of allylic oxidation sites excluding steroid dienone is 4. The van der Waals surface area contributed by atoms with Gasteiger partial charge in [0.25, 0.3) is 0 Å². The van der Waals surface area contributed by atoms with Gasteiger partial charge in [-0.2, -0.15) is 0 Å². The molecule has 2 N–H and O–H groups in total. The van der Waals surface area contributed by atoms with Crippen molar-refractivity contribution in [2.45, 2.75) is 39.5 Å². The molecule has 1 aromatic carbocycles. The highest BCUT2D eigenvalue weighted by Crippen LogP contribution is 2.32. The number of benzene rings is 1. The summed E-state index contributed by atoms with van der Waals surface area (Å²) in [5.74, 6) is 0.402. The van der Waals surface area contributed by atoms with Gasteiger partial charge in [0.05, 0.1) is 0 Å². The summed E-state index contributed by atoms with van der Waals surface area (Å²) in [7, 11) is 0. The Bertz CT molecular complexity index is 501. The van der Waals surface area contributed by atoms with Gasteiger partial charge in [0, 0.05) is 6.61 Å². The number of hydrogen-bond acceptors (Lipinski definition) is 2. The Morgan fingerprint density at radius 3 is 2.26 bits per heavy atom. The van der Waals surface area contributed by atoms with Crippen LogP contribution in [-0.2, 0) is 0 Å². The minimum absolute atomic E-state index is 0.268. The highest BCUT2D eigenvalue weighted by molar-refractivity contribution is 5.70. The molecule has 0 bridgehead atoms. The minimum atomic E-state index is 0.268. The maximum absolute atomic E-state index is 9.81. The molecule has 2 nitrogen and oxygen atoms in total. The largest absolute Gasteiger partial charge is 0.507 e. The van der Waals surface area contributed by atoms with Gasteiger partial charge in [-0.05, 0) is 73.9 Å². The molecule has 0 aliphatic heterocycles. The smallest absolute Gasteiger partial charge is 0.121 e. The first kappa shape index (κ1) is 13.9. The molecule has 1 aromatic rings. The first-order chi connectivity index (χ1) is 9.11. The van der Waals surface area contributed by atoms with Crippen molar-refractivity contribution in [3.05, 3.63) is 46.5 Å². The Morgan fingerprint density at radius 1 is 1.05 bits per heavy atom. The fourth-order valence-electron chi connectivity index (χ4n) is 2.58. The van der Waals surface area contributed by atoms with Crippen LogP contribution in [0.2, 0.25) is 0 Å². The molecule has 19 heavy (non-hydrogen) atoms. The molecule has 102 valence electrons. The van der Waals surface area contributed by atoms with Crippen LogP contribution in [0.1, 0.15) is 42.4 Å². The van der Waals surface area contributed by atoms with E-state index in [-0.39, 0.29) is 6.61 Å². The van der Waals surface area contributed by atoms with Crippen LogP contribution >= 0.6 is 0 Å². The van der Waals surface area contributed by atoms with E-state index in [0.717, 1.165) is 36.8 Å². The zero-order valence-corrected chi connectivity index (χ0v) is 11.7. The second-order valence-corrected chi connectivity index (χ2v) is 5.30. The predicted octanol–water partition coefficient (Wildman–Crippen LogP) is 3.89. The predicted molar refractivity (Wildman–Crippen MR) is 79.2 cm³/mol. The molecule has 2 rings (SSSR count). The van der Waals surface area contributed by atoms with Gasteiger partial charge in [0.15, 0.2) is 0 Å². The van der Waals surface area contributed by atoms with Gasteiger partial charge in [-0.1, -0.05) is 17.7 Å². The molecule has 2 heteroatoms. The number of rotatable bonds is 4. The van der Waals surface area contributed by atoms with Gasteiger partial charge in [-0.15, -0.1) is 0 Å². The first-order valence-electron chi connectivity index (χ1n) is 6.92. The third-order valence-corrected chi connectivity index (χ3v) is 3.75. The van der Waals surface area contributed by atoms with Crippen molar-refractivity contribution in [1.82, 2.24) is 0 Å². The Balaban J connectivity index is 2.20. The van der Waals surface area contributed by atoms with Crippen molar-refractivity contribution >= 4 is 5.57 Å². The summed E-state index contributed by atoms with van der Waals surface area (Å²) in [5.41, 5.74) is 5.84. The Kier molecular flexibility index (Phi) is 4.43.